The molecule has 0 unspecified atom stereocenters. The van der Waals surface area contributed by atoms with Gasteiger partial charge in [0.25, 0.3) is 0 Å². The van der Waals surface area contributed by atoms with Crippen LogP contribution < -0.4 is 10.0 Å². The molecule has 0 aliphatic heterocycles. The highest BCUT2D eigenvalue weighted by Gasteiger charge is 2.30. The van der Waals surface area contributed by atoms with E-state index in [0.717, 1.165) is 12.1 Å². The first-order valence-electron chi connectivity index (χ1n) is 6.77. The summed E-state index contributed by atoms with van der Waals surface area (Å²) >= 11 is 0. The van der Waals surface area contributed by atoms with Crippen LogP contribution in [0.25, 0.3) is 0 Å². The fraction of sp³-hybridized carbons (Fsp3) is 0.600. The maximum absolute atomic E-state index is 12.4. The third-order valence-corrected chi connectivity index (χ3v) is 4.55. The molecular formula is C15H26N2O2S. The average Bonchev–Trinajstić information content (AvgIpc) is 2.24. The highest BCUT2D eigenvalue weighted by molar-refractivity contribution is 7.89. The second-order valence-corrected chi connectivity index (χ2v) is 8.68. The molecule has 0 saturated carbocycles. The van der Waals surface area contributed by atoms with E-state index in [4.69, 9.17) is 0 Å². The van der Waals surface area contributed by atoms with E-state index in [1.807, 2.05) is 13.8 Å². The SMILES string of the molecule is CNc1ccc(S(=O)(=O)NC(C)(C)CC(C)(C)C)cc1. The summed E-state index contributed by atoms with van der Waals surface area (Å²) in [7, 11) is -1.69. The van der Waals surface area contributed by atoms with E-state index in [-0.39, 0.29) is 5.41 Å². The molecule has 1 rings (SSSR count). The first-order valence-corrected chi connectivity index (χ1v) is 8.25. The van der Waals surface area contributed by atoms with Crippen molar-refractivity contribution in [2.45, 2.75) is 51.5 Å². The highest BCUT2D eigenvalue weighted by Crippen LogP contribution is 2.28. The summed E-state index contributed by atoms with van der Waals surface area (Å²) in [5.41, 5.74) is 0.457. The van der Waals surface area contributed by atoms with Gasteiger partial charge in [0.1, 0.15) is 0 Å². The van der Waals surface area contributed by atoms with Crippen LogP contribution in [0.3, 0.4) is 0 Å². The van der Waals surface area contributed by atoms with Gasteiger partial charge in [0.15, 0.2) is 0 Å². The lowest BCUT2D eigenvalue weighted by Gasteiger charge is -2.33. The Bertz CT molecular complexity index is 540. The smallest absolute Gasteiger partial charge is 0.241 e. The molecule has 4 nitrogen and oxygen atoms in total. The maximum Gasteiger partial charge on any atom is 0.241 e. The molecule has 0 spiro atoms. The van der Waals surface area contributed by atoms with Gasteiger partial charge < -0.3 is 5.32 Å². The zero-order valence-corrected chi connectivity index (χ0v) is 14.1. The Morgan fingerprint density at radius 3 is 1.90 bits per heavy atom. The molecule has 0 bridgehead atoms. The molecule has 1 aromatic rings. The Balaban J connectivity index is 2.93. The molecule has 0 atom stereocenters. The molecule has 114 valence electrons. The standard InChI is InChI=1S/C15H26N2O2S/c1-14(2,3)11-15(4,5)17-20(18,19)13-9-7-12(16-6)8-10-13/h7-10,16-17H,11H2,1-6H3. The number of rotatable bonds is 5. The van der Waals surface area contributed by atoms with Gasteiger partial charge in [0.2, 0.25) is 10.0 Å². The fourth-order valence-corrected chi connectivity index (χ4v) is 4.00. The van der Waals surface area contributed by atoms with E-state index >= 15 is 0 Å². The summed E-state index contributed by atoms with van der Waals surface area (Å²) in [5.74, 6) is 0. The summed E-state index contributed by atoms with van der Waals surface area (Å²) < 4.78 is 27.6. The largest absolute Gasteiger partial charge is 0.388 e. The van der Waals surface area contributed by atoms with Gasteiger partial charge in [-0.1, -0.05) is 20.8 Å². The van der Waals surface area contributed by atoms with Gasteiger partial charge in [0.05, 0.1) is 4.90 Å². The molecule has 0 fully saturated rings. The minimum Gasteiger partial charge on any atom is -0.388 e. The molecule has 0 heterocycles. The van der Waals surface area contributed by atoms with Crippen molar-refractivity contribution in [3.63, 3.8) is 0 Å². The highest BCUT2D eigenvalue weighted by atomic mass is 32.2. The quantitative estimate of drug-likeness (QED) is 0.877. The van der Waals surface area contributed by atoms with Gasteiger partial charge in [0, 0.05) is 18.3 Å². The Hall–Kier alpha value is -1.07. The van der Waals surface area contributed by atoms with Crippen molar-refractivity contribution in [1.82, 2.24) is 4.72 Å². The van der Waals surface area contributed by atoms with E-state index in [1.165, 1.54) is 0 Å². The second kappa shape index (κ2) is 5.74. The van der Waals surface area contributed by atoms with Gasteiger partial charge >= 0.3 is 0 Å². The van der Waals surface area contributed by atoms with Crippen LogP contribution >= 0.6 is 0 Å². The van der Waals surface area contributed by atoms with Crippen molar-refractivity contribution >= 4 is 15.7 Å². The Morgan fingerprint density at radius 2 is 1.50 bits per heavy atom. The number of anilines is 1. The summed E-state index contributed by atoms with van der Waals surface area (Å²) in [6, 6.07) is 6.74. The third-order valence-electron chi connectivity index (χ3n) is 2.84. The lowest BCUT2D eigenvalue weighted by atomic mass is 9.82. The van der Waals surface area contributed by atoms with E-state index < -0.39 is 15.6 Å². The molecule has 20 heavy (non-hydrogen) atoms. The molecule has 0 radical (unpaired) electrons. The van der Waals surface area contributed by atoms with Crippen molar-refractivity contribution in [3.05, 3.63) is 24.3 Å². The van der Waals surface area contributed by atoms with Crippen molar-refractivity contribution in [1.29, 1.82) is 0 Å². The number of benzene rings is 1. The minimum absolute atomic E-state index is 0.0575. The summed E-state index contributed by atoms with van der Waals surface area (Å²) in [4.78, 5) is 0.290. The molecule has 0 aliphatic rings. The van der Waals surface area contributed by atoms with Gasteiger partial charge in [-0.2, -0.15) is 0 Å². The molecule has 0 aromatic heterocycles. The first kappa shape index (κ1) is 17.0. The van der Waals surface area contributed by atoms with Crippen molar-refractivity contribution in [2.75, 3.05) is 12.4 Å². The Labute approximate surface area is 123 Å². The van der Waals surface area contributed by atoms with Gasteiger partial charge in [-0.25, -0.2) is 13.1 Å². The zero-order chi connectivity index (χ0) is 15.6. The summed E-state index contributed by atoms with van der Waals surface area (Å²) in [5, 5.41) is 2.97. The van der Waals surface area contributed by atoms with Crippen molar-refractivity contribution < 1.29 is 8.42 Å². The van der Waals surface area contributed by atoms with Crippen molar-refractivity contribution in [2.24, 2.45) is 5.41 Å². The lowest BCUT2D eigenvalue weighted by Crippen LogP contribution is -2.45. The van der Waals surface area contributed by atoms with E-state index in [2.05, 4.69) is 30.8 Å². The van der Waals surface area contributed by atoms with Crippen LogP contribution in [-0.2, 0) is 10.0 Å². The molecule has 1 aromatic carbocycles. The number of nitrogens with one attached hydrogen (secondary N) is 2. The first-order chi connectivity index (χ1) is 8.95. The average molecular weight is 298 g/mol. The van der Waals surface area contributed by atoms with Gasteiger partial charge in [-0.05, 0) is 49.9 Å². The summed E-state index contributed by atoms with van der Waals surface area (Å²) in [6.45, 7) is 10.1. The number of hydrogen-bond donors (Lipinski definition) is 2. The minimum atomic E-state index is -3.49. The Morgan fingerprint density at radius 1 is 1.00 bits per heavy atom. The Kier molecular flexibility index (Phi) is 4.87. The molecule has 0 aliphatic carbocycles. The van der Waals surface area contributed by atoms with E-state index in [1.54, 1.807) is 31.3 Å². The van der Waals surface area contributed by atoms with E-state index in [0.29, 0.717) is 4.90 Å². The van der Waals surface area contributed by atoms with E-state index in [9.17, 15) is 8.42 Å². The van der Waals surface area contributed by atoms with Crippen LogP contribution in [0.4, 0.5) is 5.69 Å². The molecule has 5 heteroatoms. The zero-order valence-electron chi connectivity index (χ0n) is 13.2. The van der Waals surface area contributed by atoms with Gasteiger partial charge in [-0.3, -0.25) is 0 Å². The maximum atomic E-state index is 12.4. The second-order valence-electron chi connectivity index (χ2n) is 7.00. The van der Waals surface area contributed by atoms with Gasteiger partial charge in [-0.15, -0.1) is 0 Å². The van der Waals surface area contributed by atoms with Crippen LogP contribution in [0.2, 0.25) is 0 Å². The van der Waals surface area contributed by atoms with Crippen molar-refractivity contribution in [3.8, 4) is 0 Å². The summed E-state index contributed by atoms with van der Waals surface area (Å²) in [6.07, 6.45) is 0.758. The van der Waals surface area contributed by atoms with Crippen LogP contribution in [0.1, 0.15) is 41.0 Å². The predicted molar refractivity (Wildman–Crippen MR) is 84.5 cm³/mol. The third kappa shape index (κ3) is 5.13. The van der Waals surface area contributed by atoms with Crippen LogP contribution in [0.15, 0.2) is 29.2 Å². The number of sulfonamides is 1. The molecule has 2 N–H and O–H groups in total. The van der Waals surface area contributed by atoms with Crippen LogP contribution in [0, 0.1) is 5.41 Å². The molecule has 0 amide bonds. The lowest BCUT2D eigenvalue weighted by molar-refractivity contribution is 0.269. The monoisotopic (exact) mass is 298 g/mol. The predicted octanol–water partition coefficient (Wildman–Crippen LogP) is 3.22. The van der Waals surface area contributed by atoms with Crippen LogP contribution in [-0.4, -0.2) is 21.0 Å². The molecular weight excluding hydrogens is 272 g/mol. The fourth-order valence-electron chi connectivity index (χ4n) is 2.59. The van der Waals surface area contributed by atoms with Crippen LogP contribution in [0.5, 0.6) is 0 Å². The topological polar surface area (TPSA) is 58.2 Å². The number of hydrogen-bond acceptors (Lipinski definition) is 3. The normalized spacial score (nSPS) is 13.3. The molecule has 0 saturated heterocycles.